The molecule has 184 valence electrons. The molecule has 1 heterocycles. The van der Waals surface area contributed by atoms with Gasteiger partial charge in [0.05, 0.1) is 22.6 Å². The van der Waals surface area contributed by atoms with Crippen LogP contribution in [0.25, 0.3) is 10.8 Å². The van der Waals surface area contributed by atoms with Crippen LogP contribution in [0.1, 0.15) is 22.5 Å². The van der Waals surface area contributed by atoms with E-state index in [1.54, 1.807) is 13.3 Å². The number of fused-ring (bicyclic) bond motifs is 1. The molecule has 1 aromatic heterocycles. The number of aromatic nitrogens is 2. The van der Waals surface area contributed by atoms with E-state index in [2.05, 4.69) is 73.4 Å². The number of thioether (sulfide) groups is 1. The van der Waals surface area contributed by atoms with Crippen LogP contribution in [0.5, 0.6) is 11.5 Å². The van der Waals surface area contributed by atoms with Crippen LogP contribution in [0, 0.1) is 17.4 Å². The Morgan fingerprint density at radius 2 is 1.81 bits per heavy atom. The fourth-order valence-electron chi connectivity index (χ4n) is 3.54. The fourth-order valence-corrected chi connectivity index (χ4v) is 5.06. The number of hydrogen-bond donors (Lipinski definition) is 1. The Bertz CT molecular complexity index is 1410. The van der Waals surface area contributed by atoms with Crippen LogP contribution < -0.4 is 14.9 Å². The summed E-state index contributed by atoms with van der Waals surface area (Å²) in [4.78, 5) is 20.8. The first-order chi connectivity index (χ1) is 17.4. The Balaban J connectivity index is 1.36. The third kappa shape index (κ3) is 6.94. The van der Waals surface area contributed by atoms with E-state index in [1.165, 1.54) is 22.5 Å². The lowest BCUT2D eigenvalue weighted by molar-refractivity contribution is -0.118. The van der Waals surface area contributed by atoms with Crippen LogP contribution in [0.4, 0.5) is 0 Å². The number of hydrazone groups is 1. The van der Waals surface area contributed by atoms with E-state index < -0.39 is 0 Å². The van der Waals surface area contributed by atoms with E-state index >= 15 is 0 Å². The van der Waals surface area contributed by atoms with E-state index in [0.29, 0.717) is 23.3 Å². The molecular weight excluding hydrogens is 587 g/mol. The number of carbonyl (C=O) groups excluding carboxylic acids is 1. The van der Waals surface area contributed by atoms with Crippen molar-refractivity contribution < 1.29 is 14.3 Å². The number of halogens is 1. The highest BCUT2D eigenvalue weighted by Crippen LogP contribution is 2.34. The molecule has 0 fully saturated rings. The van der Waals surface area contributed by atoms with Crippen molar-refractivity contribution in [1.29, 1.82) is 0 Å². The molecule has 0 bridgehead atoms. The lowest BCUT2D eigenvalue weighted by atomic mass is 10.1. The summed E-state index contributed by atoms with van der Waals surface area (Å²) in [5.74, 6) is 1.19. The van der Waals surface area contributed by atoms with Crippen LogP contribution in [-0.4, -0.2) is 35.0 Å². The third-order valence-electron chi connectivity index (χ3n) is 5.15. The summed E-state index contributed by atoms with van der Waals surface area (Å²) < 4.78 is 12.6. The molecule has 1 N–H and O–H groups in total. The van der Waals surface area contributed by atoms with Crippen molar-refractivity contribution in [3.8, 4) is 11.5 Å². The van der Waals surface area contributed by atoms with Gasteiger partial charge < -0.3 is 9.47 Å². The summed E-state index contributed by atoms with van der Waals surface area (Å²) in [6.07, 6.45) is 1.58. The van der Waals surface area contributed by atoms with Crippen LogP contribution >= 0.6 is 34.4 Å². The highest BCUT2D eigenvalue weighted by atomic mass is 127. The van der Waals surface area contributed by atoms with Gasteiger partial charge in [-0.2, -0.15) is 5.10 Å². The number of nitrogens with zero attached hydrogens (tertiary/aromatic N) is 3. The Morgan fingerprint density at radius 3 is 2.56 bits per heavy atom. The molecule has 4 aromatic rings. The Labute approximate surface area is 227 Å². The van der Waals surface area contributed by atoms with Crippen molar-refractivity contribution in [3.05, 3.63) is 86.7 Å². The molecule has 0 aliphatic heterocycles. The fraction of sp³-hybridized carbons (Fsp3) is 0.185. The zero-order chi connectivity index (χ0) is 25.5. The molecule has 0 atom stereocenters. The molecule has 0 saturated carbocycles. The smallest absolute Gasteiger partial charge is 0.250 e. The number of ether oxygens (including phenoxy) is 2. The summed E-state index contributed by atoms with van der Waals surface area (Å²) in [6.45, 7) is 4.22. The first kappa shape index (κ1) is 25.9. The number of amides is 1. The standard InChI is InChI=1S/C27H25IN4O3S/c1-17-10-18(2)31-27(30-17)36-16-25(33)32-29-14-20-12-23(28)26(24(13-20)34-3)35-15-19-8-9-21-6-4-5-7-22(21)11-19/h4-14H,15-16H2,1-3H3,(H,32,33)/b29-14-. The Morgan fingerprint density at radius 1 is 1.06 bits per heavy atom. The number of rotatable bonds is 9. The van der Waals surface area contributed by atoms with Crippen molar-refractivity contribution in [2.45, 2.75) is 25.6 Å². The van der Waals surface area contributed by atoms with Crippen molar-refractivity contribution >= 4 is 57.2 Å². The maximum atomic E-state index is 12.2. The maximum absolute atomic E-state index is 12.2. The van der Waals surface area contributed by atoms with Gasteiger partial charge in [0.15, 0.2) is 16.7 Å². The van der Waals surface area contributed by atoms with Crippen molar-refractivity contribution in [1.82, 2.24) is 15.4 Å². The molecule has 0 spiro atoms. The number of carbonyl (C=O) groups is 1. The van der Waals surface area contributed by atoms with Crippen LogP contribution in [0.15, 0.2) is 70.9 Å². The number of hydrogen-bond acceptors (Lipinski definition) is 7. The van der Waals surface area contributed by atoms with E-state index in [4.69, 9.17) is 9.47 Å². The zero-order valence-corrected chi connectivity index (χ0v) is 23.1. The van der Waals surface area contributed by atoms with Crippen molar-refractivity contribution in [2.24, 2.45) is 5.10 Å². The molecule has 36 heavy (non-hydrogen) atoms. The summed E-state index contributed by atoms with van der Waals surface area (Å²) in [6, 6.07) is 20.2. The highest BCUT2D eigenvalue weighted by molar-refractivity contribution is 14.1. The van der Waals surface area contributed by atoms with E-state index in [1.807, 2.05) is 44.2 Å². The lowest BCUT2D eigenvalue weighted by Gasteiger charge is -2.14. The van der Waals surface area contributed by atoms with Crippen LogP contribution in [0.2, 0.25) is 0 Å². The van der Waals surface area contributed by atoms with Gasteiger partial charge in [-0.3, -0.25) is 4.79 Å². The molecule has 0 aliphatic rings. The molecule has 7 nitrogen and oxygen atoms in total. The second-order valence-electron chi connectivity index (χ2n) is 8.02. The number of aryl methyl sites for hydroxylation is 2. The number of methoxy groups -OCH3 is 1. The number of nitrogens with one attached hydrogen (secondary N) is 1. The Hall–Kier alpha value is -3.18. The first-order valence-electron chi connectivity index (χ1n) is 11.2. The quantitative estimate of drug-likeness (QED) is 0.0861. The molecule has 4 rings (SSSR count). The van der Waals surface area contributed by atoms with E-state index in [9.17, 15) is 4.79 Å². The molecular formula is C27H25IN4O3S. The van der Waals surface area contributed by atoms with Gasteiger partial charge in [-0.1, -0.05) is 48.2 Å². The topological polar surface area (TPSA) is 85.7 Å². The van der Waals surface area contributed by atoms with Gasteiger partial charge in [-0.05, 0) is 82.6 Å². The second kappa shape index (κ2) is 12.2. The normalized spacial score (nSPS) is 11.1. The average molecular weight is 612 g/mol. The van der Waals surface area contributed by atoms with Gasteiger partial charge in [-0.15, -0.1) is 0 Å². The molecule has 3 aromatic carbocycles. The lowest BCUT2D eigenvalue weighted by Crippen LogP contribution is -2.19. The van der Waals surface area contributed by atoms with Gasteiger partial charge >= 0.3 is 0 Å². The minimum atomic E-state index is -0.240. The molecule has 1 amide bonds. The largest absolute Gasteiger partial charge is 0.493 e. The third-order valence-corrected chi connectivity index (χ3v) is 6.79. The predicted molar refractivity (Wildman–Crippen MR) is 152 cm³/mol. The van der Waals surface area contributed by atoms with Gasteiger partial charge in [0.2, 0.25) is 0 Å². The summed E-state index contributed by atoms with van der Waals surface area (Å²) in [5, 5.41) is 7.02. The van der Waals surface area contributed by atoms with Gasteiger partial charge in [0, 0.05) is 11.4 Å². The van der Waals surface area contributed by atoms with Gasteiger partial charge in [0.1, 0.15) is 6.61 Å². The van der Waals surface area contributed by atoms with Crippen LogP contribution in [0.3, 0.4) is 0 Å². The highest BCUT2D eigenvalue weighted by Gasteiger charge is 2.12. The minimum absolute atomic E-state index is 0.169. The van der Waals surface area contributed by atoms with E-state index in [-0.39, 0.29) is 11.7 Å². The van der Waals surface area contributed by atoms with Gasteiger partial charge in [0.25, 0.3) is 5.91 Å². The van der Waals surface area contributed by atoms with Crippen molar-refractivity contribution in [3.63, 3.8) is 0 Å². The van der Waals surface area contributed by atoms with Crippen molar-refractivity contribution in [2.75, 3.05) is 12.9 Å². The van der Waals surface area contributed by atoms with Gasteiger partial charge in [-0.25, -0.2) is 15.4 Å². The minimum Gasteiger partial charge on any atom is -0.493 e. The SMILES string of the molecule is COc1cc(/C=N\NC(=O)CSc2nc(C)cc(C)n2)cc(I)c1OCc1ccc2ccccc2c1. The van der Waals surface area contributed by atoms with E-state index in [0.717, 1.165) is 26.1 Å². The first-order valence-corrected chi connectivity index (χ1v) is 13.2. The molecule has 0 aliphatic carbocycles. The zero-order valence-electron chi connectivity index (χ0n) is 20.1. The summed E-state index contributed by atoms with van der Waals surface area (Å²) in [7, 11) is 1.60. The predicted octanol–water partition coefficient (Wildman–Crippen LogP) is 5.68. The molecule has 0 unspecified atom stereocenters. The summed E-state index contributed by atoms with van der Waals surface area (Å²) >= 11 is 3.48. The molecule has 9 heteroatoms. The molecule has 0 saturated heterocycles. The second-order valence-corrected chi connectivity index (χ2v) is 10.1. The monoisotopic (exact) mass is 612 g/mol. The Kier molecular flexibility index (Phi) is 8.76. The average Bonchev–Trinajstić information content (AvgIpc) is 2.86. The van der Waals surface area contributed by atoms with Crippen LogP contribution in [-0.2, 0) is 11.4 Å². The summed E-state index contributed by atoms with van der Waals surface area (Å²) in [5.41, 5.74) is 6.14. The molecule has 0 radical (unpaired) electrons. The number of benzene rings is 3. The maximum Gasteiger partial charge on any atom is 0.250 e.